The van der Waals surface area contributed by atoms with Crippen molar-refractivity contribution in [2.24, 2.45) is 0 Å². The van der Waals surface area contributed by atoms with E-state index in [-0.39, 0.29) is 18.1 Å². The number of carbonyl (C=O) groups excluding carboxylic acids is 1. The van der Waals surface area contributed by atoms with Crippen LogP contribution in [0.25, 0.3) is 0 Å². The number of non-ortho nitro benzene ring substituents is 1. The topological polar surface area (TPSA) is 89.3 Å². The van der Waals surface area contributed by atoms with Crippen molar-refractivity contribution >= 4 is 22.4 Å². The fourth-order valence-corrected chi connectivity index (χ4v) is 3.26. The van der Waals surface area contributed by atoms with Crippen LogP contribution >= 0.6 is 0 Å². The molecule has 0 heterocycles. The molecule has 0 aliphatic carbocycles. The summed E-state index contributed by atoms with van der Waals surface area (Å²) in [5, 5.41) is 13.4. The molecule has 0 radical (unpaired) electrons. The molecule has 0 saturated carbocycles. The number of nitrogens with zero attached hydrogens (tertiary/aromatic N) is 1. The zero-order chi connectivity index (χ0) is 17.5. The highest BCUT2D eigenvalue weighted by atomic mass is 32.2. The van der Waals surface area contributed by atoms with Gasteiger partial charge in [0.05, 0.1) is 4.92 Å². The van der Waals surface area contributed by atoms with Gasteiger partial charge in [-0.15, -0.1) is 0 Å². The smallest absolute Gasteiger partial charge is 0.269 e. The van der Waals surface area contributed by atoms with Crippen LogP contribution in [0.2, 0.25) is 0 Å². The molecule has 0 saturated heterocycles. The molecule has 1 N–H and O–H groups in total. The number of hydrogen-bond acceptors (Lipinski definition) is 4. The third-order valence-corrected chi connectivity index (χ3v) is 4.77. The number of nitro benzene ring substituents is 1. The Bertz CT molecular complexity index is 762. The molecule has 2 aromatic rings. The molecule has 2 rings (SSSR count). The van der Waals surface area contributed by atoms with Gasteiger partial charge in [-0.1, -0.05) is 30.3 Å². The summed E-state index contributed by atoms with van der Waals surface area (Å²) >= 11 is 0. The fourth-order valence-electron chi connectivity index (χ4n) is 2.22. The summed E-state index contributed by atoms with van der Waals surface area (Å²) in [6.45, 7) is 1.93. The highest BCUT2D eigenvalue weighted by Crippen LogP contribution is 2.17. The molecule has 24 heavy (non-hydrogen) atoms. The number of amides is 1. The predicted octanol–water partition coefficient (Wildman–Crippen LogP) is 2.58. The number of benzene rings is 2. The number of nitrogens with one attached hydrogen (secondary N) is 1. The zero-order valence-corrected chi connectivity index (χ0v) is 14.0. The maximum atomic E-state index is 12.1. The minimum atomic E-state index is -1.06. The Balaban J connectivity index is 1.85. The zero-order valence-electron chi connectivity index (χ0n) is 13.2. The molecule has 126 valence electrons. The van der Waals surface area contributed by atoms with Crippen LogP contribution in [-0.4, -0.2) is 27.3 Å². The molecule has 2 aromatic carbocycles. The second-order valence-electron chi connectivity index (χ2n) is 5.29. The van der Waals surface area contributed by atoms with Crippen LogP contribution in [0.15, 0.2) is 48.5 Å². The van der Waals surface area contributed by atoms with Crippen LogP contribution in [0, 0.1) is 17.0 Å². The molecule has 7 heteroatoms. The minimum absolute atomic E-state index is 0.0481. The SMILES string of the molecule is Cc1cc([N+](=O)[O-])ccc1C(=O)NCC[S@](=O)Cc1ccccc1. The maximum Gasteiger partial charge on any atom is 0.269 e. The van der Waals surface area contributed by atoms with Gasteiger partial charge < -0.3 is 5.32 Å². The molecule has 0 fully saturated rings. The Hall–Kier alpha value is -2.54. The van der Waals surface area contributed by atoms with E-state index < -0.39 is 15.7 Å². The summed E-state index contributed by atoms with van der Waals surface area (Å²) in [7, 11) is -1.06. The second-order valence-corrected chi connectivity index (χ2v) is 6.86. The highest BCUT2D eigenvalue weighted by molar-refractivity contribution is 7.84. The van der Waals surface area contributed by atoms with E-state index >= 15 is 0 Å². The second kappa shape index (κ2) is 8.35. The molecule has 0 bridgehead atoms. The summed E-state index contributed by atoms with van der Waals surface area (Å²) < 4.78 is 12.0. The molecule has 6 nitrogen and oxygen atoms in total. The van der Waals surface area contributed by atoms with Crippen molar-refractivity contribution in [3.05, 3.63) is 75.3 Å². The van der Waals surface area contributed by atoms with Gasteiger partial charge >= 0.3 is 0 Å². The van der Waals surface area contributed by atoms with E-state index in [2.05, 4.69) is 5.32 Å². The first-order valence-corrected chi connectivity index (χ1v) is 8.88. The summed E-state index contributed by atoms with van der Waals surface area (Å²) in [5.74, 6) is 0.485. The van der Waals surface area contributed by atoms with E-state index in [1.54, 1.807) is 6.92 Å². The van der Waals surface area contributed by atoms with E-state index in [0.29, 0.717) is 22.6 Å². The standard InChI is InChI=1S/C17H18N2O4S/c1-13-11-15(19(21)22)7-8-16(13)17(20)18-9-10-24(23)12-14-5-3-2-4-6-14/h2-8,11H,9-10,12H2,1H3,(H,18,20)/t24-/m0/s1. The lowest BCUT2D eigenvalue weighted by Gasteiger charge is -2.08. The Morgan fingerprint density at radius 3 is 2.54 bits per heavy atom. The van der Waals surface area contributed by atoms with Crippen LogP contribution in [0.3, 0.4) is 0 Å². The van der Waals surface area contributed by atoms with E-state index in [4.69, 9.17) is 0 Å². The lowest BCUT2D eigenvalue weighted by molar-refractivity contribution is -0.384. The van der Waals surface area contributed by atoms with Crippen molar-refractivity contribution in [2.45, 2.75) is 12.7 Å². The van der Waals surface area contributed by atoms with Crippen molar-refractivity contribution < 1.29 is 13.9 Å². The lowest BCUT2D eigenvalue weighted by Crippen LogP contribution is -2.28. The van der Waals surface area contributed by atoms with E-state index in [0.717, 1.165) is 5.56 Å². The minimum Gasteiger partial charge on any atom is -0.351 e. The molecular weight excluding hydrogens is 328 g/mol. The first-order chi connectivity index (χ1) is 11.5. The van der Waals surface area contributed by atoms with Crippen LogP contribution < -0.4 is 5.32 Å². The van der Waals surface area contributed by atoms with Gasteiger partial charge in [-0.05, 0) is 24.1 Å². The lowest BCUT2D eigenvalue weighted by atomic mass is 10.1. The average Bonchev–Trinajstić information content (AvgIpc) is 2.55. The Kier molecular flexibility index (Phi) is 6.20. The Morgan fingerprint density at radius 1 is 1.21 bits per heavy atom. The molecule has 0 aliphatic heterocycles. The fraction of sp³-hybridized carbons (Fsp3) is 0.235. The average molecular weight is 346 g/mol. The summed E-state index contributed by atoms with van der Waals surface area (Å²) in [6.07, 6.45) is 0. The molecule has 1 atom stereocenters. The van der Waals surface area contributed by atoms with Crippen LogP contribution in [-0.2, 0) is 16.6 Å². The third-order valence-electron chi connectivity index (χ3n) is 3.45. The molecule has 0 spiro atoms. The quantitative estimate of drug-likeness (QED) is 0.616. The highest BCUT2D eigenvalue weighted by Gasteiger charge is 2.13. The van der Waals surface area contributed by atoms with Crippen molar-refractivity contribution in [2.75, 3.05) is 12.3 Å². The van der Waals surface area contributed by atoms with Gasteiger partial charge in [0.15, 0.2) is 0 Å². The van der Waals surface area contributed by atoms with Gasteiger partial charge in [0.25, 0.3) is 11.6 Å². The van der Waals surface area contributed by atoms with Gasteiger partial charge in [0.2, 0.25) is 0 Å². The predicted molar refractivity (Wildman–Crippen MR) is 93.3 cm³/mol. The summed E-state index contributed by atoms with van der Waals surface area (Å²) in [5.41, 5.74) is 1.86. The van der Waals surface area contributed by atoms with Gasteiger partial charge in [0.1, 0.15) is 0 Å². The van der Waals surface area contributed by atoms with Crippen molar-refractivity contribution in [3.8, 4) is 0 Å². The van der Waals surface area contributed by atoms with Crippen LogP contribution in [0.4, 0.5) is 5.69 Å². The summed E-state index contributed by atoms with van der Waals surface area (Å²) in [6, 6.07) is 13.6. The van der Waals surface area contributed by atoms with Gasteiger partial charge in [-0.3, -0.25) is 19.1 Å². The van der Waals surface area contributed by atoms with E-state index in [1.807, 2.05) is 30.3 Å². The number of carbonyl (C=O) groups is 1. The number of aryl methyl sites for hydroxylation is 1. The monoisotopic (exact) mass is 346 g/mol. The first kappa shape index (κ1) is 17.8. The van der Waals surface area contributed by atoms with Crippen LogP contribution in [0.1, 0.15) is 21.5 Å². The van der Waals surface area contributed by atoms with Crippen molar-refractivity contribution in [1.82, 2.24) is 5.32 Å². The number of rotatable bonds is 7. The molecule has 1 amide bonds. The Morgan fingerprint density at radius 2 is 1.92 bits per heavy atom. The number of hydrogen-bond donors (Lipinski definition) is 1. The third kappa shape index (κ3) is 4.99. The molecule has 0 aromatic heterocycles. The molecule has 0 aliphatic rings. The van der Waals surface area contributed by atoms with Gasteiger partial charge in [0, 0.05) is 46.5 Å². The van der Waals surface area contributed by atoms with Crippen molar-refractivity contribution in [3.63, 3.8) is 0 Å². The largest absolute Gasteiger partial charge is 0.351 e. The van der Waals surface area contributed by atoms with Gasteiger partial charge in [-0.25, -0.2) is 0 Å². The van der Waals surface area contributed by atoms with E-state index in [9.17, 15) is 19.1 Å². The van der Waals surface area contributed by atoms with Crippen LogP contribution in [0.5, 0.6) is 0 Å². The maximum absolute atomic E-state index is 12.1. The normalized spacial score (nSPS) is 11.7. The van der Waals surface area contributed by atoms with Gasteiger partial charge in [-0.2, -0.15) is 0 Å². The molecular formula is C17H18N2O4S. The first-order valence-electron chi connectivity index (χ1n) is 7.39. The van der Waals surface area contributed by atoms with E-state index in [1.165, 1.54) is 18.2 Å². The Labute approximate surface area is 142 Å². The van der Waals surface area contributed by atoms with Crippen molar-refractivity contribution in [1.29, 1.82) is 0 Å². The number of nitro groups is 1. The summed E-state index contributed by atoms with van der Waals surface area (Å²) in [4.78, 5) is 22.3. The molecule has 0 unspecified atom stereocenters.